The molecule has 1 saturated carbocycles. The van der Waals surface area contributed by atoms with Crippen molar-refractivity contribution >= 4 is 62.5 Å². The number of imide groups is 2. The van der Waals surface area contributed by atoms with Gasteiger partial charge in [0.25, 0.3) is 0 Å². The standard InChI is InChI=1S/C42H37ClN4O5S/c1-21-9-8-12-27(36(21)48)35-25-14-15-26-34(40(51)46(38(26)49)20-23-10-6-5-7-11-23)29(25)18-30-39(50)47(41(52)42(30,35)3)33-19-31(44-45(33)4)37-22(2)28-17-24(43)13-16-32(28)53-37/h5-14,16-17,19,26,29-30,34-35,48H,15,18,20H2,1-4H3/t26-,29+,30-,34-,35+,42+/m0/s1. The lowest BCUT2D eigenvalue weighted by atomic mass is 9.51. The number of nitrogens with zero attached hydrogens (tertiary/aromatic N) is 4. The molecular weight excluding hydrogens is 708 g/mol. The van der Waals surface area contributed by atoms with Crippen molar-refractivity contribution in [2.24, 2.45) is 36.1 Å². The zero-order chi connectivity index (χ0) is 37.1. The number of para-hydroxylation sites is 1. The van der Waals surface area contributed by atoms with Crippen LogP contribution in [0.25, 0.3) is 20.7 Å². The Labute approximate surface area is 315 Å². The number of phenols is 1. The summed E-state index contributed by atoms with van der Waals surface area (Å²) in [5.41, 5.74) is 3.23. The van der Waals surface area contributed by atoms with Crippen LogP contribution < -0.4 is 4.90 Å². The van der Waals surface area contributed by atoms with Crippen molar-refractivity contribution in [1.29, 1.82) is 0 Å². The molecule has 4 amide bonds. The van der Waals surface area contributed by atoms with Crippen LogP contribution in [0.3, 0.4) is 0 Å². The molecule has 0 unspecified atom stereocenters. The van der Waals surface area contributed by atoms with Crippen LogP contribution in [0.4, 0.5) is 5.82 Å². The minimum atomic E-state index is -1.29. The van der Waals surface area contributed by atoms with Crippen LogP contribution in [0.5, 0.6) is 5.75 Å². The fourth-order valence-corrected chi connectivity index (χ4v) is 11.0. The summed E-state index contributed by atoms with van der Waals surface area (Å²) >= 11 is 7.89. The second-order valence-corrected chi connectivity index (χ2v) is 16.6. The number of carbonyl (C=O) groups is 4. The van der Waals surface area contributed by atoms with Crippen LogP contribution in [0.1, 0.15) is 47.9 Å². The normalized spacial score (nSPS) is 26.7. The van der Waals surface area contributed by atoms with Crippen molar-refractivity contribution < 1.29 is 24.3 Å². The Kier molecular flexibility index (Phi) is 7.63. The molecule has 0 spiro atoms. The largest absolute Gasteiger partial charge is 0.507 e. The number of aromatic nitrogens is 2. The van der Waals surface area contributed by atoms with Gasteiger partial charge in [-0.2, -0.15) is 5.10 Å². The van der Waals surface area contributed by atoms with E-state index in [0.717, 1.165) is 31.7 Å². The summed E-state index contributed by atoms with van der Waals surface area (Å²) in [6.07, 6.45) is 2.58. The first-order valence-corrected chi connectivity index (χ1v) is 19.1. The molecule has 53 heavy (non-hydrogen) atoms. The molecule has 4 aliphatic rings. The average Bonchev–Trinajstić information content (AvgIpc) is 3.81. The second-order valence-electron chi connectivity index (χ2n) is 15.1. The Morgan fingerprint density at radius 3 is 2.49 bits per heavy atom. The van der Waals surface area contributed by atoms with Gasteiger partial charge in [0.2, 0.25) is 23.6 Å². The predicted molar refractivity (Wildman–Crippen MR) is 203 cm³/mol. The molecule has 3 aromatic carbocycles. The molecule has 2 aliphatic carbocycles. The number of phenolic OH excluding ortho intramolecular Hbond substituents is 1. The Hall–Kier alpha value is -5.06. The number of fused-ring (bicyclic) bond motifs is 5. The van der Waals surface area contributed by atoms with Crippen LogP contribution in [-0.2, 0) is 32.8 Å². The van der Waals surface area contributed by atoms with Gasteiger partial charge in [0.05, 0.1) is 34.6 Å². The summed E-state index contributed by atoms with van der Waals surface area (Å²) < 4.78 is 2.63. The van der Waals surface area contributed by atoms with E-state index in [2.05, 4.69) is 0 Å². The Morgan fingerprint density at radius 2 is 1.72 bits per heavy atom. The first kappa shape index (κ1) is 33.8. The topological polar surface area (TPSA) is 113 Å². The van der Waals surface area contributed by atoms with Crippen molar-refractivity contribution in [2.45, 2.75) is 46.1 Å². The van der Waals surface area contributed by atoms with Crippen LogP contribution >= 0.6 is 22.9 Å². The van der Waals surface area contributed by atoms with Gasteiger partial charge in [-0.1, -0.05) is 71.8 Å². The lowest BCUT2D eigenvalue weighted by molar-refractivity contribution is -0.141. The number of aromatic hydroxyl groups is 1. The van der Waals surface area contributed by atoms with Gasteiger partial charge < -0.3 is 5.11 Å². The van der Waals surface area contributed by atoms with Crippen molar-refractivity contribution in [1.82, 2.24) is 14.7 Å². The monoisotopic (exact) mass is 744 g/mol. The summed E-state index contributed by atoms with van der Waals surface area (Å²) in [7, 11) is 1.73. The Morgan fingerprint density at radius 1 is 0.943 bits per heavy atom. The number of rotatable bonds is 5. The maximum absolute atomic E-state index is 15.1. The van der Waals surface area contributed by atoms with Crippen LogP contribution in [0.15, 0.2) is 84.4 Å². The number of allylic oxidation sites excluding steroid dienone is 2. The number of benzene rings is 3. The molecule has 2 aromatic heterocycles. The molecule has 3 fully saturated rings. The summed E-state index contributed by atoms with van der Waals surface area (Å²) in [6.45, 7) is 5.82. The lowest BCUT2D eigenvalue weighted by Crippen LogP contribution is -2.49. The SMILES string of the molecule is Cc1cccc([C@H]2C3=CC[C@@H]4C(=O)N(Cc5ccccc5)C(=O)[C@@H]4[C@@H]3C[C@H]3C(=O)N(c4cc(-c5sc6ccc(Cl)cc6c5C)nn4C)C(=O)[C@@]23C)c1O. The summed E-state index contributed by atoms with van der Waals surface area (Å²) in [5, 5.41) is 18.0. The van der Waals surface area contributed by atoms with E-state index in [4.69, 9.17) is 16.7 Å². The van der Waals surface area contributed by atoms with Crippen molar-refractivity contribution in [3.8, 4) is 16.3 Å². The highest BCUT2D eigenvalue weighted by Gasteiger charge is 2.68. The van der Waals surface area contributed by atoms with Gasteiger partial charge in [-0.25, -0.2) is 4.90 Å². The first-order valence-electron chi connectivity index (χ1n) is 17.9. The number of aryl methyl sites for hydroxylation is 3. The number of hydrogen-bond acceptors (Lipinski definition) is 7. The second kappa shape index (κ2) is 12.0. The third-order valence-electron chi connectivity index (χ3n) is 12.3. The fraction of sp³-hybridized carbons (Fsp3) is 0.310. The number of amides is 4. The highest BCUT2D eigenvalue weighted by atomic mass is 35.5. The van der Waals surface area contributed by atoms with E-state index in [1.165, 1.54) is 9.80 Å². The van der Waals surface area contributed by atoms with Crippen LogP contribution in [0.2, 0.25) is 5.02 Å². The third kappa shape index (κ3) is 4.77. The van der Waals surface area contributed by atoms with Gasteiger partial charge in [-0.3, -0.25) is 28.8 Å². The highest BCUT2D eigenvalue weighted by Crippen LogP contribution is 2.64. The molecular formula is C42H37ClN4O5S. The molecule has 9 rings (SSSR count). The zero-order valence-electron chi connectivity index (χ0n) is 29.7. The van der Waals surface area contributed by atoms with Gasteiger partial charge in [-0.15, -0.1) is 11.3 Å². The number of likely N-dealkylation sites (tertiary alicyclic amines) is 1. The predicted octanol–water partition coefficient (Wildman–Crippen LogP) is 7.71. The maximum Gasteiger partial charge on any atom is 0.242 e. The molecule has 11 heteroatoms. The fourth-order valence-electron chi connectivity index (χ4n) is 9.69. The van der Waals surface area contributed by atoms with E-state index in [-0.39, 0.29) is 42.3 Å². The van der Waals surface area contributed by atoms with Gasteiger partial charge in [0.1, 0.15) is 17.3 Å². The maximum atomic E-state index is 15.1. The molecule has 2 saturated heterocycles. The van der Waals surface area contributed by atoms with E-state index in [1.807, 2.05) is 80.6 Å². The van der Waals surface area contributed by atoms with Crippen LogP contribution in [-0.4, -0.2) is 43.4 Å². The molecule has 6 atom stereocenters. The van der Waals surface area contributed by atoms with Crippen molar-refractivity contribution in [2.75, 3.05) is 4.90 Å². The average molecular weight is 745 g/mol. The zero-order valence-corrected chi connectivity index (χ0v) is 31.2. The number of hydrogen-bond donors (Lipinski definition) is 1. The minimum absolute atomic E-state index is 0.0579. The molecule has 2 aliphatic heterocycles. The number of carbonyl (C=O) groups excluding carboxylic acids is 4. The van der Waals surface area contributed by atoms with Crippen LogP contribution in [0, 0.1) is 42.9 Å². The molecule has 0 radical (unpaired) electrons. The Balaban J connectivity index is 1.14. The summed E-state index contributed by atoms with van der Waals surface area (Å²) in [6, 6.07) is 22.5. The smallest absolute Gasteiger partial charge is 0.242 e. The van der Waals surface area contributed by atoms with E-state index < -0.39 is 35.0 Å². The quantitative estimate of drug-likeness (QED) is 0.146. The van der Waals surface area contributed by atoms with Gasteiger partial charge in [-0.05, 0) is 79.8 Å². The molecule has 268 valence electrons. The van der Waals surface area contributed by atoms with E-state index >= 15 is 4.79 Å². The number of halogens is 1. The van der Waals surface area contributed by atoms with E-state index in [9.17, 15) is 19.5 Å². The molecule has 9 nitrogen and oxygen atoms in total. The van der Waals surface area contributed by atoms with Gasteiger partial charge in [0, 0.05) is 34.3 Å². The molecule has 1 N–H and O–H groups in total. The lowest BCUT2D eigenvalue weighted by Gasteiger charge is -2.49. The van der Waals surface area contributed by atoms with Crippen molar-refractivity contribution in [3.05, 3.63) is 112 Å². The molecule has 5 aromatic rings. The van der Waals surface area contributed by atoms with E-state index in [1.54, 1.807) is 42.1 Å². The number of thiophene rings is 1. The van der Waals surface area contributed by atoms with Crippen molar-refractivity contribution in [3.63, 3.8) is 0 Å². The minimum Gasteiger partial charge on any atom is -0.507 e. The summed E-state index contributed by atoms with van der Waals surface area (Å²) in [5.74, 6) is -4.03. The van der Waals surface area contributed by atoms with Gasteiger partial charge in [0.15, 0.2) is 0 Å². The Bertz CT molecular complexity index is 2450. The highest BCUT2D eigenvalue weighted by molar-refractivity contribution is 7.22. The molecule has 4 heterocycles. The van der Waals surface area contributed by atoms with Gasteiger partial charge >= 0.3 is 0 Å². The third-order valence-corrected chi connectivity index (χ3v) is 13.9. The summed E-state index contributed by atoms with van der Waals surface area (Å²) in [4.78, 5) is 61.7. The number of anilines is 1. The van der Waals surface area contributed by atoms with E-state index in [0.29, 0.717) is 34.1 Å². The molecule has 0 bridgehead atoms. The first-order chi connectivity index (χ1) is 25.4.